The second-order valence-electron chi connectivity index (χ2n) is 8.38. The number of nitrogens with zero attached hydrogens (tertiary/aromatic N) is 2. The number of fused-ring (bicyclic) bond motifs is 1. The maximum absolute atomic E-state index is 13.4. The molecule has 0 saturated carbocycles. The van der Waals surface area contributed by atoms with Gasteiger partial charge in [-0.15, -0.1) is 0 Å². The normalized spacial score (nSPS) is 17.9. The van der Waals surface area contributed by atoms with E-state index in [0.717, 1.165) is 11.1 Å². The van der Waals surface area contributed by atoms with Gasteiger partial charge in [-0.3, -0.25) is 14.5 Å². The minimum Gasteiger partial charge on any atom is -0.454 e. The van der Waals surface area contributed by atoms with Crippen molar-refractivity contribution in [2.75, 3.05) is 13.3 Å². The first kappa shape index (κ1) is 23.9. The highest BCUT2D eigenvalue weighted by Crippen LogP contribution is 2.35. The molecule has 3 aromatic carbocycles. The van der Waals surface area contributed by atoms with Crippen molar-refractivity contribution in [1.29, 1.82) is 0 Å². The lowest BCUT2D eigenvalue weighted by Gasteiger charge is -2.32. The average Bonchev–Trinajstić information content (AvgIpc) is 3.36. The summed E-state index contributed by atoms with van der Waals surface area (Å²) in [4.78, 5) is 32.3. The summed E-state index contributed by atoms with van der Waals surface area (Å²) in [6, 6.07) is 21.1. The molecule has 2 amide bonds. The summed E-state index contributed by atoms with van der Waals surface area (Å²) in [6.45, 7) is 0.889. The van der Waals surface area contributed by atoms with E-state index in [1.165, 1.54) is 36.0 Å². The number of amides is 2. The topological polar surface area (TPSA) is 80.2 Å². The molecule has 9 heteroatoms. The zero-order chi connectivity index (χ0) is 24.9. The van der Waals surface area contributed by atoms with Gasteiger partial charge in [0, 0.05) is 13.0 Å². The molecule has 0 radical (unpaired) electrons. The number of carbonyl (C=O) groups excluding carboxylic acids is 2. The van der Waals surface area contributed by atoms with E-state index < -0.39 is 5.25 Å². The number of aliphatic imine (C=N–C) groups is 1. The van der Waals surface area contributed by atoms with Crippen molar-refractivity contribution in [3.05, 3.63) is 89.7 Å². The quantitative estimate of drug-likeness (QED) is 0.514. The van der Waals surface area contributed by atoms with E-state index in [1.54, 1.807) is 11.0 Å². The van der Waals surface area contributed by atoms with Gasteiger partial charge in [-0.1, -0.05) is 48.2 Å². The minimum absolute atomic E-state index is 0.0504. The molecule has 1 saturated heterocycles. The highest BCUT2D eigenvalue weighted by molar-refractivity contribution is 8.15. The molecule has 2 heterocycles. The lowest BCUT2D eigenvalue weighted by atomic mass is 10.1. The Morgan fingerprint density at radius 1 is 1.03 bits per heavy atom. The summed E-state index contributed by atoms with van der Waals surface area (Å²) in [7, 11) is 0. The smallest absolute Gasteiger partial charge is 0.234 e. The highest BCUT2D eigenvalue weighted by atomic mass is 32.2. The molecular weight excluding hydrogens is 481 g/mol. The number of halogens is 1. The second kappa shape index (κ2) is 10.8. The summed E-state index contributed by atoms with van der Waals surface area (Å²) >= 11 is 1.23. The van der Waals surface area contributed by atoms with Gasteiger partial charge < -0.3 is 14.8 Å². The molecule has 0 aromatic heterocycles. The fraction of sp³-hybridized carbons (Fsp3) is 0.222. The number of thioether (sulfide) groups is 1. The predicted octanol–water partition coefficient (Wildman–Crippen LogP) is 4.44. The van der Waals surface area contributed by atoms with Gasteiger partial charge in [-0.2, -0.15) is 0 Å². The van der Waals surface area contributed by atoms with E-state index >= 15 is 0 Å². The Labute approximate surface area is 212 Å². The van der Waals surface area contributed by atoms with E-state index in [4.69, 9.17) is 9.47 Å². The van der Waals surface area contributed by atoms with Crippen LogP contribution < -0.4 is 14.8 Å². The number of ether oxygens (including phenoxy) is 2. The summed E-state index contributed by atoms with van der Waals surface area (Å²) in [6.07, 6.45) is 0.750. The van der Waals surface area contributed by atoms with Gasteiger partial charge in [0.1, 0.15) is 5.82 Å². The third-order valence-electron chi connectivity index (χ3n) is 5.82. The molecule has 1 atom stereocenters. The Morgan fingerprint density at radius 2 is 1.81 bits per heavy atom. The fourth-order valence-corrected chi connectivity index (χ4v) is 5.06. The van der Waals surface area contributed by atoms with Gasteiger partial charge >= 0.3 is 0 Å². The molecule has 0 bridgehead atoms. The number of carbonyl (C=O) groups is 2. The van der Waals surface area contributed by atoms with Crippen LogP contribution in [0.1, 0.15) is 17.5 Å². The highest BCUT2D eigenvalue weighted by Gasteiger charge is 2.36. The van der Waals surface area contributed by atoms with E-state index in [-0.39, 0.29) is 37.4 Å². The van der Waals surface area contributed by atoms with Crippen LogP contribution in [-0.2, 0) is 22.6 Å². The Bertz CT molecular complexity index is 1280. The van der Waals surface area contributed by atoms with Gasteiger partial charge in [-0.25, -0.2) is 9.38 Å². The standard InChI is InChI=1S/C27H24FN3O4S/c28-20-7-9-21(10-8-20)30-27-31(16-19-6-11-22-23(14-19)35-17-34-22)25(32)15-24(36-27)26(33)29-13-12-18-4-2-1-3-5-18/h1-11,14,24H,12-13,15-17H2,(H,29,33)/t24-/m1/s1. The Morgan fingerprint density at radius 3 is 2.61 bits per heavy atom. The lowest BCUT2D eigenvalue weighted by Crippen LogP contribution is -2.46. The van der Waals surface area contributed by atoms with Crippen LogP contribution in [0.15, 0.2) is 77.8 Å². The lowest BCUT2D eigenvalue weighted by molar-refractivity contribution is -0.130. The van der Waals surface area contributed by atoms with Crippen LogP contribution >= 0.6 is 11.8 Å². The fourth-order valence-electron chi connectivity index (χ4n) is 3.93. The molecule has 0 spiro atoms. The van der Waals surface area contributed by atoms with Crippen LogP contribution in [0.2, 0.25) is 0 Å². The van der Waals surface area contributed by atoms with Crippen molar-refractivity contribution in [2.45, 2.75) is 24.6 Å². The van der Waals surface area contributed by atoms with Gasteiger partial charge in [-0.05, 0) is 53.9 Å². The number of rotatable bonds is 7. The monoisotopic (exact) mass is 505 g/mol. The number of hydrogen-bond donors (Lipinski definition) is 1. The third-order valence-corrected chi connectivity index (χ3v) is 7.00. The zero-order valence-corrected chi connectivity index (χ0v) is 20.2. The Hall–Kier alpha value is -3.85. The number of amidine groups is 1. The molecule has 3 aromatic rings. The molecule has 2 aliphatic heterocycles. The molecule has 36 heavy (non-hydrogen) atoms. The van der Waals surface area contributed by atoms with E-state index in [0.29, 0.717) is 35.3 Å². The van der Waals surface area contributed by atoms with Crippen molar-refractivity contribution < 1.29 is 23.5 Å². The first-order valence-corrected chi connectivity index (χ1v) is 12.4. The third kappa shape index (κ3) is 5.68. The van der Waals surface area contributed by atoms with E-state index in [9.17, 15) is 14.0 Å². The van der Waals surface area contributed by atoms with Gasteiger partial charge in [0.15, 0.2) is 16.7 Å². The van der Waals surface area contributed by atoms with Gasteiger partial charge in [0.05, 0.1) is 17.5 Å². The van der Waals surface area contributed by atoms with Crippen molar-refractivity contribution in [3.63, 3.8) is 0 Å². The van der Waals surface area contributed by atoms with Crippen molar-refractivity contribution in [2.24, 2.45) is 4.99 Å². The average molecular weight is 506 g/mol. The molecule has 7 nitrogen and oxygen atoms in total. The van der Waals surface area contributed by atoms with E-state index in [2.05, 4.69) is 10.3 Å². The molecule has 0 unspecified atom stereocenters. The maximum Gasteiger partial charge on any atom is 0.234 e. The molecule has 184 valence electrons. The molecule has 1 fully saturated rings. The number of hydrogen-bond acceptors (Lipinski definition) is 6. The van der Waals surface area contributed by atoms with E-state index in [1.807, 2.05) is 42.5 Å². The number of nitrogens with one attached hydrogen (secondary N) is 1. The molecule has 5 rings (SSSR count). The van der Waals surface area contributed by atoms with Crippen LogP contribution in [-0.4, -0.2) is 40.5 Å². The summed E-state index contributed by atoms with van der Waals surface area (Å²) < 4.78 is 24.2. The van der Waals surface area contributed by atoms with Crippen LogP contribution in [0.4, 0.5) is 10.1 Å². The van der Waals surface area contributed by atoms with Crippen molar-refractivity contribution in [3.8, 4) is 11.5 Å². The predicted molar refractivity (Wildman–Crippen MR) is 136 cm³/mol. The van der Waals surface area contributed by atoms with Crippen molar-refractivity contribution >= 4 is 34.4 Å². The SMILES string of the molecule is O=C(NCCc1ccccc1)[C@H]1CC(=O)N(Cc2ccc3c(c2)OCO3)C(=Nc2ccc(F)cc2)S1. The Balaban J connectivity index is 1.32. The molecule has 0 aliphatic carbocycles. The summed E-state index contributed by atoms with van der Waals surface area (Å²) in [5.74, 6) is 0.483. The van der Waals surface area contributed by atoms with Crippen LogP contribution in [0.3, 0.4) is 0 Å². The molecule has 2 aliphatic rings. The first-order chi connectivity index (χ1) is 17.5. The van der Waals surface area contributed by atoms with Crippen molar-refractivity contribution in [1.82, 2.24) is 10.2 Å². The van der Waals surface area contributed by atoms with Crippen LogP contribution in [0.25, 0.3) is 0 Å². The molecular formula is C27H24FN3O4S. The summed E-state index contributed by atoms with van der Waals surface area (Å²) in [5, 5.41) is 2.72. The zero-order valence-electron chi connectivity index (χ0n) is 19.4. The second-order valence-corrected chi connectivity index (χ2v) is 9.55. The Kier molecular flexibility index (Phi) is 7.18. The van der Waals surface area contributed by atoms with Crippen LogP contribution in [0.5, 0.6) is 11.5 Å². The maximum atomic E-state index is 13.4. The van der Waals surface area contributed by atoms with Crippen LogP contribution in [0, 0.1) is 5.82 Å². The largest absolute Gasteiger partial charge is 0.454 e. The van der Waals surface area contributed by atoms with Gasteiger partial charge in [0.2, 0.25) is 18.6 Å². The number of benzene rings is 3. The summed E-state index contributed by atoms with van der Waals surface area (Å²) in [5.41, 5.74) is 2.46. The first-order valence-electron chi connectivity index (χ1n) is 11.6. The van der Waals surface area contributed by atoms with Gasteiger partial charge in [0.25, 0.3) is 0 Å². The molecule has 1 N–H and O–H groups in total. The minimum atomic E-state index is -0.611.